The number of benzene rings is 2. The van der Waals surface area contributed by atoms with Gasteiger partial charge in [-0.25, -0.2) is 8.42 Å². The molecule has 0 unspecified atom stereocenters. The zero-order valence-electron chi connectivity index (χ0n) is 10.3. The van der Waals surface area contributed by atoms with Gasteiger partial charge in [0, 0.05) is 6.26 Å². The minimum absolute atomic E-state index is 0.202. The Morgan fingerprint density at radius 3 is 2.06 bits per heavy atom. The van der Waals surface area contributed by atoms with E-state index in [9.17, 15) is 8.42 Å². The Kier molecular flexibility index (Phi) is 3.39. The molecule has 2 aromatic rings. The van der Waals surface area contributed by atoms with Crippen LogP contribution in [0.2, 0.25) is 0 Å². The zero-order chi connectivity index (χ0) is 13.2. The van der Waals surface area contributed by atoms with Gasteiger partial charge in [0.2, 0.25) is 0 Å². The van der Waals surface area contributed by atoms with Gasteiger partial charge in [-0.2, -0.15) is 0 Å². The molecule has 0 saturated carbocycles. The van der Waals surface area contributed by atoms with Gasteiger partial charge in [0.25, 0.3) is 0 Å². The molecule has 2 aromatic carbocycles. The molecule has 0 saturated heterocycles. The predicted molar refractivity (Wildman–Crippen MR) is 70.8 cm³/mol. The van der Waals surface area contributed by atoms with E-state index in [4.69, 9.17) is 4.74 Å². The zero-order valence-corrected chi connectivity index (χ0v) is 11.1. The molecule has 2 rings (SSSR count). The molecule has 0 amide bonds. The molecule has 0 bridgehead atoms. The molecule has 0 heterocycles. The summed E-state index contributed by atoms with van der Waals surface area (Å²) >= 11 is 0. The summed E-state index contributed by atoms with van der Waals surface area (Å²) in [6, 6.07) is 14.1. The van der Waals surface area contributed by atoms with Crippen LogP contribution in [0.25, 0.3) is 0 Å². The Morgan fingerprint density at radius 2 is 1.44 bits per heavy atom. The lowest BCUT2D eigenvalue weighted by Gasteiger charge is -2.11. The molecule has 4 heteroatoms. The van der Waals surface area contributed by atoms with Crippen molar-refractivity contribution in [1.82, 2.24) is 0 Å². The van der Waals surface area contributed by atoms with Gasteiger partial charge in [0.05, 0.1) is 0 Å². The molecule has 0 radical (unpaired) electrons. The molecule has 0 N–H and O–H groups in total. The first-order chi connectivity index (χ1) is 8.48. The Hall–Kier alpha value is -1.81. The van der Waals surface area contributed by atoms with Crippen LogP contribution in [0.5, 0.6) is 11.5 Å². The molecule has 0 aliphatic rings. The lowest BCUT2D eigenvalue weighted by Crippen LogP contribution is -2.00. The Balaban J connectivity index is 2.45. The summed E-state index contributed by atoms with van der Waals surface area (Å²) < 4.78 is 29.0. The molecule has 0 aromatic heterocycles. The van der Waals surface area contributed by atoms with Crippen LogP contribution < -0.4 is 4.74 Å². The summed E-state index contributed by atoms with van der Waals surface area (Å²) in [5.74, 6) is 1.02. The van der Waals surface area contributed by atoms with Crippen LogP contribution >= 0.6 is 0 Å². The van der Waals surface area contributed by atoms with Gasteiger partial charge in [0.15, 0.2) is 9.84 Å². The summed E-state index contributed by atoms with van der Waals surface area (Å²) in [5.41, 5.74) is 0.959. The average Bonchev–Trinajstić information content (AvgIpc) is 2.31. The Morgan fingerprint density at radius 1 is 0.889 bits per heavy atom. The van der Waals surface area contributed by atoms with Gasteiger partial charge >= 0.3 is 0 Å². The topological polar surface area (TPSA) is 43.4 Å². The van der Waals surface area contributed by atoms with E-state index >= 15 is 0 Å². The second kappa shape index (κ2) is 4.82. The van der Waals surface area contributed by atoms with Gasteiger partial charge in [0.1, 0.15) is 16.4 Å². The number of rotatable bonds is 3. The van der Waals surface area contributed by atoms with Crippen molar-refractivity contribution in [1.29, 1.82) is 0 Å². The van der Waals surface area contributed by atoms with E-state index in [1.807, 2.05) is 31.2 Å². The maximum Gasteiger partial charge on any atom is 0.179 e. The van der Waals surface area contributed by atoms with Gasteiger partial charge < -0.3 is 4.74 Å². The average molecular weight is 262 g/mol. The van der Waals surface area contributed by atoms with Gasteiger partial charge in [-0.05, 0) is 30.7 Å². The summed E-state index contributed by atoms with van der Waals surface area (Å²) in [6.07, 6.45) is 1.17. The fourth-order valence-electron chi connectivity index (χ4n) is 1.63. The third-order valence-electron chi connectivity index (χ3n) is 2.56. The van der Waals surface area contributed by atoms with Crippen molar-refractivity contribution in [2.45, 2.75) is 11.8 Å². The van der Waals surface area contributed by atoms with Crippen LogP contribution in [-0.4, -0.2) is 14.7 Å². The molecule has 3 nitrogen and oxygen atoms in total. The van der Waals surface area contributed by atoms with Crippen molar-refractivity contribution in [2.24, 2.45) is 0 Å². The van der Waals surface area contributed by atoms with Crippen molar-refractivity contribution >= 4 is 9.84 Å². The highest BCUT2D eigenvalue weighted by Crippen LogP contribution is 2.30. The van der Waals surface area contributed by atoms with E-state index in [-0.39, 0.29) is 4.90 Å². The summed E-state index contributed by atoms with van der Waals surface area (Å²) in [6.45, 7) is 1.92. The highest BCUT2D eigenvalue weighted by atomic mass is 32.2. The van der Waals surface area contributed by atoms with E-state index in [0.717, 1.165) is 5.56 Å². The van der Waals surface area contributed by atoms with Gasteiger partial charge in [-0.15, -0.1) is 0 Å². The number of aryl methyl sites for hydroxylation is 1. The van der Waals surface area contributed by atoms with Crippen LogP contribution in [-0.2, 0) is 9.84 Å². The van der Waals surface area contributed by atoms with Crippen molar-refractivity contribution in [3.63, 3.8) is 0 Å². The van der Waals surface area contributed by atoms with Crippen molar-refractivity contribution in [3.05, 3.63) is 54.1 Å². The van der Waals surface area contributed by atoms with Gasteiger partial charge in [-0.3, -0.25) is 0 Å². The second-order valence-electron chi connectivity index (χ2n) is 4.09. The SMILES string of the molecule is Cc1ccccc1Oc1ccccc1S(C)(=O)=O. The number of hydrogen-bond donors (Lipinski definition) is 0. The fraction of sp³-hybridized carbons (Fsp3) is 0.143. The molecular formula is C14H14O3S. The molecular weight excluding hydrogens is 248 g/mol. The minimum Gasteiger partial charge on any atom is -0.456 e. The van der Waals surface area contributed by atoms with Crippen LogP contribution in [0, 0.1) is 6.92 Å². The smallest absolute Gasteiger partial charge is 0.179 e. The number of hydrogen-bond acceptors (Lipinski definition) is 3. The molecule has 0 aliphatic heterocycles. The van der Waals surface area contributed by atoms with E-state index in [1.165, 1.54) is 6.26 Å². The molecule has 0 atom stereocenters. The van der Waals surface area contributed by atoms with E-state index in [0.29, 0.717) is 11.5 Å². The lowest BCUT2D eigenvalue weighted by molar-refractivity contribution is 0.464. The molecule has 94 valence electrons. The number of sulfone groups is 1. The highest BCUT2D eigenvalue weighted by Gasteiger charge is 2.14. The number of ether oxygens (including phenoxy) is 1. The predicted octanol–water partition coefficient (Wildman–Crippen LogP) is 3.19. The third kappa shape index (κ3) is 2.71. The maximum absolute atomic E-state index is 11.6. The first-order valence-electron chi connectivity index (χ1n) is 5.51. The summed E-state index contributed by atoms with van der Waals surface area (Å²) in [7, 11) is -3.29. The van der Waals surface area contributed by atoms with Crippen molar-refractivity contribution in [3.8, 4) is 11.5 Å². The summed E-state index contributed by atoms with van der Waals surface area (Å²) in [4.78, 5) is 0.202. The third-order valence-corrected chi connectivity index (χ3v) is 3.70. The minimum atomic E-state index is -3.29. The molecule has 0 aliphatic carbocycles. The normalized spacial score (nSPS) is 11.2. The van der Waals surface area contributed by atoms with Crippen LogP contribution in [0.4, 0.5) is 0 Å². The Labute approximate surface area is 107 Å². The quantitative estimate of drug-likeness (QED) is 0.853. The lowest BCUT2D eigenvalue weighted by atomic mass is 10.2. The first kappa shape index (κ1) is 12.6. The highest BCUT2D eigenvalue weighted by molar-refractivity contribution is 7.90. The van der Waals surface area contributed by atoms with E-state index in [2.05, 4.69) is 0 Å². The van der Waals surface area contributed by atoms with Crippen molar-refractivity contribution < 1.29 is 13.2 Å². The van der Waals surface area contributed by atoms with Crippen LogP contribution in [0.15, 0.2) is 53.4 Å². The van der Waals surface area contributed by atoms with Crippen LogP contribution in [0.3, 0.4) is 0 Å². The largest absolute Gasteiger partial charge is 0.456 e. The van der Waals surface area contributed by atoms with Crippen molar-refractivity contribution in [2.75, 3.05) is 6.26 Å². The first-order valence-corrected chi connectivity index (χ1v) is 7.40. The van der Waals surface area contributed by atoms with Crippen LogP contribution in [0.1, 0.15) is 5.56 Å². The Bertz CT molecular complexity index is 660. The molecule has 0 fully saturated rings. The van der Waals surface area contributed by atoms with E-state index in [1.54, 1.807) is 24.3 Å². The maximum atomic E-state index is 11.6. The summed E-state index contributed by atoms with van der Waals surface area (Å²) in [5, 5.41) is 0. The second-order valence-corrected chi connectivity index (χ2v) is 6.07. The van der Waals surface area contributed by atoms with E-state index < -0.39 is 9.84 Å². The van der Waals surface area contributed by atoms with Gasteiger partial charge in [-0.1, -0.05) is 30.3 Å². The monoisotopic (exact) mass is 262 g/mol. The molecule has 18 heavy (non-hydrogen) atoms. The molecule has 0 spiro atoms. The number of para-hydroxylation sites is 2. The standard InChI is InChI=1S/C14H14O3S/c1-11-7-3-4-8-12(11)17-13-9-5-6-10-14(13)18(2,15)16/h3-10H,1-2H3. The fourth-order valence-corrected chi connectivity index (χ4v) is 2.43.